The molecule has 0 N–H and O–H groups in total. The SMILES string of the molecule is CC(C)(C)OC(=O)N1CCC2(CC1)CC(=O)c1cc(Cl)ccc1S2. The van der Waals surface area contributed by atoms with E-state index in [1.807, 2.05) is 32.9 Å². The van der Waals surface area contributed by atoms with Crippen LogP contribution in [0, 0.1) is 0 Å². The van der Waals surface area contributed by atoms with Gasteiger partial charge in [0.2, 0.25) is 0 Å². The number of hydrogen-bond acceptors (Lipinski definition) is 4. The normalized spacial score (nSPS) is 20.0. The lowest BCUT2D eigenvalue weighted by Crippen LogP contribution is -2.48. The van der Waals surface area contributed by atoms with Gasteiger partial charge < -0.3 is 9.64 Å². The highest BCUT2D eigenvalue weighted by molar-refractivity contribution is 8.01. The summed E-state index contributed by atoms with van der Waals surface area (Å²) in [5.74, 6) is 0.150. The minimum atomic E-state index is -0.486. The monoisotopic (exact) mass is 367 g/mol. The molecule has 2 aliphatic rings. The topological polar surface area (TPSA) is 46.6 Å². The first-order valence-corrected chi connectivity index (χ1v) is 9.37. The molecule has 24 heavy (non-hydrogen) atoms. The molecule has 0 atom stereocenters. The van der Waals surface area contributed by atoms with Crippen LogP contribution in [-0.4, -0.2) is 40.2 Å². The van der Waals surface area contributed by atoms with E-state index in [0.717, 1.165) is 23.3 Å². The Balaban J connectivity index is 1.69. The minimum Gasteiger partial charge on any atom is -0.444 e. The molecule has 1 amide bonds. The summed E-state index contributed by atoms with van der Waals surface area (Å²) in [5, 5.41) is 0.596. The number of benzene rings is 1. The molecule has 0 bridgehead atoms. The van der Waals surface area contributed by atoms with Crippen molar-refractivity contribution < 1.29 is 14.3 Å². The molecular formula is C18H22ClNO3S. The lowest BCUT2D eigenvalue weighted by atomic mass is 9.88. The van der Waals surface area contributed by atoms with Crippen LogP contribution in [0.2, 0.25) is 5.02 Å². The number of thioether (sulfide) groups is 1. The van der Waals surface area contributed by atoms with Gasteiger partial charge in [-0.15, -0.1) is 11.8 Å². The third-order valence-electron chi connectivity index (χ3n) is 4.38. The third kappa shape index (κ3) is 3.72. The molecule has 130 valence electrons. The van der Waals surface area contributed by atoms with Crippen molar-refractivity contribution >= 4 is 35.2 Å². The number of amides is 1. The van der Waals surface area contributed by atoms with Crippen molar-refractivity contribution in [3.8, 4) is 0 Å². The molecule has 1 spiro atoms. The zero-order valence-corrected chi connectivity index (χ0v) is 15.8. The fourth-order valence-corrected chi connectivity index (χ4v) is 4.82. The first-order valence-electron chi connectivity index (χ1n) is 8.17. The van der Waals surface area contributed by atoms with Crippen molar-refractivity contribution in [3.05, 3.63) is 28.8 Å². The second-order valence-electron chi connectivity index (χ2n) is 7.49. The van der Waals surface area contributed by atoms with Crippen LogP contribution in [0.25, 0.3) is 0 Å². The number of halogens is 1. The zero-order valence-electron chi connectivity index (χ0n) is 14.2. The van der Waals surface area contributed by atoms with Gasteiger partial charge in [-0.1, -0.05) is 11.6 Å². The first kappa shape index (κ1) is 17.6. The van der Waals surface area contributed by atoms with Crippen LogP contribution in [0.3, 0.4) is 0 Å². The second kappa shape index (κ2) is 6.26. The van der Waals surface area contributed by atoms with Gasteiger partial charge in [-0.2, -0.15) is 0 Å². The average molecular weight is 368 g/mol. The van der Waals surface area contributed by atoms with Gasteiger partial charge in [0.15, 0.2) is 5.78 Å². The number of rotatable bonds is 0. The minimum absolute atomic E-state index is 0.115. The maximum absolute atomic E-state index is 12.5. The summed E-state index contributed by atoms with van der Waals surface area (Å²) in [6, 6.07) is 5.52. The summed E-state index contributed by atoms with van der Waals surface area (Å²) >= 11 is 7.77. The summed E-state index contributed by atoms with van der Waals surface area (Å²) in [7, 11) is 0. The molecule has 2 heterocycles. The number of carbonyl (C=O) groups excluding carboxylic acids is 2. The average Bonchev–Trinajstić information content (AvgIpc) is 2.47. The fraction of sp³-hybridized carbons (Fsp3) is 0.556. The highest BCUT2D eigenvalue weighted by atomic mass is 35.5. The number of ketones is 1. The lowest BCUT2D eigenvalue weighted by molar-refractivity contribution is 0.0196. The quantitative estimate of drug-likeness (QED) is 0.661. The summed E-state index contributed by atoms with van der Waals surface area (Å²) in [6.45, 7) is 6.85. The molecule has 6 heteroatoms. The summed E-state index contributed by atoms with van der Waals surface area (Å²) in [4.78, 5) is 27.5. The van der Waals surface area contributed by atoms with E-state index in [1.54, 1.807) is 22.7 Å². The van der Waals surface area contributed by atoms with Crippen LogP contribution >= 0.6 is 23.4 Å². The van der Waals surface area contributed by atoms with Crippen LogP contribution in [0.15, 0.2) is 23.1 Å². The van der Waals surface area contributed by atoms with Gasteiger partial charge in [0.25, 0.3) is 0 Å². The van der Waals surface area contributed by atoms with E-state index in [1.165, 1.54) is 0 Å². The third-order valence-corrected chi connectivity index (χ3v) is 6.17. The maximum Gasteiger partial charge on any atom is 0.410 e. The van der Waals surface area contributed by atoms with Crippen molar-refractivity contribution in [2.45, 2.75) is 55.3 Å². The van der Waals surface area contributed by atoms with E-state index < -0.39 is 5.60 Å². The Morgan fingerprint density at radius 2 is 1.96 bits per heavy atom. The standard InChI is InChI=1S/C18H22ClNO3S/c1-17(2,3)23-16(22)20-8-6-18(7-9-20)11-14(21)13-10-12(19)4-5-15(13)24-18/h4-5,10H,6-9,11H2,1-3H3. The van der Waals surface area contributed by atoms with Gasteiger partial charge in [0, 0.05) is 39.7 Å². The fourth-order valence-electron chi connectivity index (χ4n) is 3.17. The van der Waals surface area contributed by atoms with E-state index in [2.05, 4.69) is 0 Å². The van der Waals surface area contributed by atoms with E-state index in [4.69, 9.17) is 16.3 Å². The van der Waals surface area contributed by atoms with Gasteiger partial charge in [-0.25, -0.2) is 4.79 Å². The van der Waals surface area contributed by atoms with E-state index >= 15 is 0 Å². The lowest BCUT2D eigenvalue weighted by Gasteiger charge is -2.43. The number of Topliss-reactive ketones (excluding diaryl/α,β-unsaturated/α-hetero) is 1. The van der Waals surface area contributed by atoms with Crippen molar-refractivity contribution in [1.82, 2.24) is 4.90 Å². The van der Waals surface area contributed by atoms with Crippen LogP contribution in [-0.2, 0) is 4.74 Å². The van der Waals surface area contributed by atoms with Gasteiger partial charge in [-0.3, -0.25) is 4.79 Å². The number of ether oxygens (including phenoxy) is 1. The summed E-state index contributed by atoms with van der Waals surface area (Å²) in [5.41, 5.74) is 0.243. The van der Waals surface area contributed by atoms with Crippen LogP contribution in [0.4, 0.5) is 4.79 Å². The molecular weight excluding hydrogens is 346 g/mol. The van der Waals surface area contributed by atoms with E-state index in [0.29, 0.717) is 24.5 Å². The largest absolute Gasteiger partial charge is 0.444 e. The Morgan fingerprint density at radius 1 is 1.29 bits per heavy atom. The smallest absolute Gasteiger partial charge is 0.410 e. The highest BCUT2D eigenvalue weighted by Crippen LogP contribution is 2.49. The van der Waals surface area contributed by atoms with Crippen LogP contribution < -0.4 is 0 Å². The van der Waals surface area contributed by atoms with E-state index in [9.17, 15) is 9.59 Å². The Hall–Kier alpha value is -1.20. The maximum atomic E-state index is 12.5. The molecule has 1 fully saturated rings. The summed E-state index contributed by atoms with van der Waals surface area (Å²) in [6.07, 6.45) is 1.83. The Kier molecular flexibility index (Phi) is 4.60. The molecule has 0 aromatic heterocycles. The number of nitrogens with zero attached hydrogens (tertiary/aromatic N) is 1. The molecule has 0 aliphatic carbocycles. The number of hydrogen-bond donors (Lipinski definition) is 0. The van der Waals surface area contributed by atoms with Crippen LogP contribution in [0.1, 0.15) is 50.4 Å². The number of piperidine rings is 1. The number of fused-ring (bicyclic) bond motifs is 1. The van der Waals surface area contributed by atoms with Crippen molar-refractivity contribution in [1.29, 1.82) is 0 Å². The first-order chi connectivity index (χ1) is 11.2. The van der Waals surface area contributed by atoms with Crippen molar-refractivity contribution in [2.24, 2.45) is 0 Å². The van der Waals surface area contributed by atoms with Gasteiger partial charge in [0.05, 0.1) is 0 Å². The molecule has 4 nitrogen and oxygen atoms in total. The van der Waals surface area contributed by atoms with Crippen molar-refractivity contribution in [3.63, 3.8) is 0 Å². The molecule has 1 aromatic rings. The molecule has 1 saturated heterocycles. The molecule has 3 rings (SSSR count). The Morgan fingerprint density at radius 3 is 2.58 bits per heavy atom. The molecule has 1 aromatic carbocycles. The predicted octanol–water partition coefficient (Wildman–Crippen LogP) is 4.79. The number of likely N-dealkylation sites (tertiary alicyclic amines) is 1. The van der Waals surface area contributed by atoms with Gasteiger partial charge in [0.1, 0.15) is 5.60 Å². The summed E-state index contributed by atoms with van der Waals surface area (Å²) < 4.78 is 5.33. The predicted molar refractivity (Wildman–Crippen MR) is 96.0 cm³/mol. The van der Waals surface area contributed by atoms with Crippen LogP contribution in [0.5, 0.6) is 0 Å². The van der Waals surface area contributed by atoms with E-state index in [-0.39, 0.29) is 16.6 Å². The van der Waals surface area contributed by atoms with Gasteiger partial charge in [-0.05, 0) is 51.8 Å². The number of carbonyl (C=O) groups is 2. The Labute approximate surface area is 151 Å². The molecule has 0 saturated carbocycles. The molecule has 0 unspecified atom stereocenters. The van der Waals surface area contributed by atoms with Gasteiger partial charge >= 0.3 is 6.09 Å². The Bertz CT molecular complexity index is 675. The molecule has 0 radical (unpaired) electrons. The zero-order chi connectivity index (χ0) is 17.5. The van der Waals surface area contributed by atoms with Crippen molar-refractivity contribution in [2.75, 3.05) is 13.1 Å². The highest BCUT2D eigenvalue weighted by Gasteiger charge is 2.43. The molecule has 2 aliphatic heterocycles. The second-order valence-corrected chi connectivity index (χ2v) is 9.44.